The Balaban J connectivity index is 1.17. The second-order valence-electron chi connectivity index (χ2n) is 22.0. The van der Waals surface area contributed by atoms with Crippen LogP contribution in [-0.2, 0) is 59.1 Å². The summed E-state index contributed by atoms with van der Waals surface area (Å²) in [5.74, 6) is -1.91. The molecule has 3 aliphatic heterocycles. The quantitative estimate of drug-likeness (QED) is 0.00736. The lowest BCUT2D eigenvalue weighted by atomic mass is 9.87. The Morgan fingerprint density at radius 3 is 2.29 bits per heavy atom. The van der Waals surface area contributed by atoms with Gasteiger partial charge >= 0.3 is 18.1 Å². The van der Waals surface area contributed by atoms with E-state index in [9.17, 15) is 43.5 Å². The number of alkyl halides is 1. The van der Waals surface area contributed by atoms with Crippen molar-refractivity contribution >= 4 is 69.0 Å². The van der Waals surface area contributed by atoms with Gasteiger partial charge in [-0.15, -0.1) is 0 Å². The zero-order valence-corrected chi connectivity index (χ0v) is 50.3. The number of Topliss-reactive ketones (excluding diaryl/α,β-unsaturated/α-hetero) is 2. The third kappa shape index (κ3) is 25.2. The molecule has 1 aromatic rings. The van der Waals surface area contributed by atoms with E-state index in [1.54, 1.807) is 37.3 Å². The molecule has 3 saturated heterocycles. The Kier molecular flexibility index (Phi) is 29.3. The molecule has 0 unspecified atom stereocenters. The third-order valence-corrected chi connectivity index (χ3v) is 15.1. The second-order valence-corrected chi connectivity index (χ2v) is 22.6. The molecule has 0 aromatic heterocycles. The number of ether oxygens (including phenoxy) is 5. The number of carbonyl (C=O) groups excluding carboxylic acids is 8. The average molecular weight is 1210 g/mol. The molecule has 23 heteroatoms. The number of carbonyl (C=O) groups is 8. The van der Waals surface area contributed by atoms with Crippen molar-refractivity contribution in [2.24, 2.45) is 23.5 Å². The fraction of sp³-hybridized carbons (Fsp3) is 0.627. The van der Waals surface area contributed by atoms with E-state index in [1.807, 2.05) is 33.8 Å². The van der Waals surface area contributed by atoms with Gasteiger partial charge in [0, 0.05) is 63.4 Å². The Morgan fingerprint density at radius 1 is 0.927 bits per heavy atom. The normalized spacial score (nSPS) is 23.5. The van der Waals surface area contributed by atoms with Crippen LogP contribution in [0.2, 0.25) is 0 Å². The molecule has 0 saturated carbocycles. The molecule has 22 nitrogen and oxygen atoms in total. The van der Waals surface area contributed by atoms with E-state index in [2.05, 4.69) is 72.7 Å². The zero-order valence-electron chi connectivity index (χ0n) is 48.7. The number of halogens is 1. The van der Waals surface area contributed by atoms with E-state index in [1.165, 1.54) is 19.1 Å². The van der Waals surface area contributed by atoms with Crippen LogP contribution in [0.3, 0.4) is 0 Å². The summed E-state index contributed by atoms with van der Waals surface area (Å²) < 4.78 is 28.6. The highest BCUT2D eigenvalue weighted by molar-refractivity contribution is 9.09. The number of allylic oxidation sites excluding steroid dienone is 2. The molecular formula is C59H89BrN8O14. The molecule has 1 spiro atoms. The summed E-state index contributed by atoms with van der Waals surface area (Å²) >= 11 is 3.17. The van der Waals surface area contributed by atoms with Gasteiger partial charge in [0.05, 0.1) is 54.8 Å². The Hall–Kier alpha value is -6.14. The summed E-state index contributed by atoms with van der Waals surface area (Å²) in [7, 11) is 0. The SMILES string of the molecule is C=C(N)NCCC[C@H](CC(=O)[C@@H](NC(=O)CCCCCCC(=O)CBr)C(C)C)C(=O)Nc1ccc(COC(=O)NCNC(=O)NC[C@@H]2C[C@@]3(CO3)[C@H](O)[C@@H](/C=C/C(C)=C/C[C@@H]3O[C@H](C)[C@H](NC(=O)/C=C\[C@H](C)OC(C)=O)C[C@@H]3C)O2)cc1. The molecule has 3 aliphatic rings. The average Bonchev–Trinajstić information content (AvgIpc) is 4.15. The molecule has 3 heterocycles. The van der Waals surface area contributed by atoms with Crippen LogP contribution in [0.25, 0.3) is 0 Å². The molecule has 10 N–H and O–H groups in total. The number of hydrogen-bond acceptors (Lipinski definition) is 16. The highest BCUT2D eigenvalue weighted by atomic mass is 79.9. The minimum absolute atomic E-state index is 0.0761. The highest BCUT2D eigenvalue weighted by Crippen LogP contribution is 2.42. The maximum absolute atomic E-state index is 13.7. The number of aliphatic hydroxyl groups is 1. The number of alkyl carbamates (subject to hydrolysis) is 1. The number of nitrogens with one attached hydrogen (secondary N) is 7. The fourth-order valence-electron chi connectivity index (χ4n) is 9.67. The molecule has 82 heavy (non-hydrogen) atoms. The number of anilines is 1. The first-order chi connectivity index (χ1) is 39.0. The third-order valence-electron chi connectivity index (χ3n) is 14.5. The van der Waals surface area contributed by atoms with Gasteiger partial charge in [-0.1, -0.05) is 92.1 Å². The van der Waals surface area contributed by atoms with Gasteiger partial charge in [0.25, 0.3) is 0 Å². The summed E-state index contributed by atoms with van der Waals surface area (Å²) in [6.07, 6.45) is 11.2. The number of nitrogens with two attached hydrogens (primary N) is 1. The van der Waals surface area contributed by atoms with Crippen LogP contribution >= 0.6 is 15.9 Å². The number of aliphatic hydroxyl groups excluding tert-OH is 1. The largest absolute Gasteiger partial charge is 0.459 e. The summed E-state index contributed by atoms with van der Waals surface area (Å²) in [6.45, 7) is 16.8. The van der Waals surface area contributed by atoms with Crippen molar-refractivity contribution in [3.05, 3.63) is 78.2 Å². The molecule has 456 valence electrons. The van der Waals surface area contributed by atoms with Crippen LogP contribution < -0.4 is 43.0 Å². The van der Waals surface area contributed by atoms with E-state index < -0.39 is 60.1 Å². The van der Waals surface area contributed by atoms with E-state index in [-0.39, 0.29) is 97.9 Å². The summed E-state index contributed by atoms with van der Waals surface area (Å²) in [6, 6.07) is 5.13. The topological polar surface area (TPSA) is 316 Å². The minimum Gasteiger partial charge on any atom is -0.459 e. The molecule has 0 aliphatic carbocycles. The highest BCUT2D eigenvalue weighted by Gasteiger charge is 2.58. The van der Waals surface area contributed by atoms with Crippen molar-refractivity contribution in [3.63, 3.8) is 0 Å². The molecule has 3 fully saturated rings. The molecule has 0 radical (unpaired) electrons. The van der Waals surface area contributed by atoms with Gasteiger partial charge in [0.1, 0.15) is 36.3 Å². The van der Waals surface area contributed by atoms with Gasteiger partial charge in [-0.3, -0.25) is 28.8 Å². The van der Waals surface area contributed by atoms with Crippen LogP contribution in [0.1, 0.15) is 131 Å². The number of unbranched alkanes of at least 4 members (excludes halogenated alkanes) is 3. The van der Waals surface area contributed by atoms with Crippen molar-refractivity contribution in [1.82, 2.24) is 31.9 Å². The summed E-state index contributed by atoms with van der Waals surface area (Å²) in [5.41, 5.74) is 6.89. The Morgan fingerprint density at radius 2 is 1.63 bits per heavy atom. The molecule has 0 bridgehead atoms. The van der Waals surface area contributed by atoms with Crippen LogP contribution in [0, 0.1) is 17.8 Å². The molecule has 4 rings (SSSR count). The first-order valence-electron chi connectivity index (χ1n) is 28.5. The Labute approximate surface area is 491 Å². The number of amides is 6. The van der Waals surface area contributed by atoms with Gasteiger partial charge in [0.2, 0.25) is 17.7 Å². The monoisotopic (exact) mass is 1210 g/mol. The van der Waals surface area contributed by atoms with Gasteiger partial charge in [-0.05, 0) is 94.9 Å². The van der Waals surface area contributed by atoms with E-state index >= 15 is 0 Å². The summed E-state index contributed by atoms with van der Waals surface area (Å²) in [4.78, 5) is 101. The van der Waals surface area contributed by atoms with Crippen LogP contribution in [0.5, 0.6) is 0 Å². The van der Waals surface area contributed by atoms with E-state index in [0.717, 1.165) is 31.3 Å². The van der Waals surface area contributed by atoms with E-state index in [0.29, 0.717) is 68.3 Å². The molecular weight excluding hydrogens is 1120 g/mol. The smallest absolute Gasteiger partial charge is 0.408 e. The van der Waals surface area contributed by atoms with Crippen molar-refractivity contribution < 1.29 is 67.1 Å². The number of benzene rings is 1. The molecule has 6 amide bonds. The number of hydrogen-bond donors (Lipinski definition) is 9. The van der Waals surface area contributed by atoms with Crippen LogP contribution in [0.15, 0.2) is 72.6 Å². The number of rotatable bonds is 34. The van der Waals surface area contributed by atoms with Crippen molar-refractivity contribution in [2.75, 3.05) is 37.0 Å². The zero-order chi connectivity index (χ0) is 60.4. The summed E-state index contributed by atoms with van der Waals surface area (Å²) in [5, 5.41) is 31.0. The lowest BCUT2D eigenvalue weighted by Gasteiger charge is -2.39. The predicted molar refractivity (Wildman–Crippen MR) is 313 cm³/mol. The van der Waals surface area contributed by atoms with Crippen LogP contribution in [0.4, 0.5) is 15.3 Å². The molecule has 1 aromatic carbocycles. The fourth-order valence-corrected chi connectivity index (χ4v) is 9.95. The lowest BCUT2D eigenvalue weighted by Crippen LogP contribution is -2.53. The van der Waals surface area contributed by atoms with Crippen molar-refractivity contribution in [1.29, 1.82) is 0 Å². The maximum atomic E-state index is 13.7. The van der Waals surface area contributed by atoms with E-state index in [4.69, 9.17) is 29.4 Å². The van der Waals surface area contributed by atoms with Crippen molar-refractivity contribution in [2.45, 2.75) is 186 Å². The van der Waals surface area contributed by atoms with Crippen molar-refractivity contribution in [3.8, 4) is 0 Å². The van der Waals surface area contributed by atoms with Gasteiger partial charge in [-0.25, -0.2) is 9.59 Å². The number of epoxide rings is 1. The number of esters is 1. The predicted octanol–water partition coefficient (Wildman–Crippen LogP) is 5.91. The Bertz CT molecular complexity index is 2400. The standard InChI is InChI=1S/C59H89BrN8O14/c1-36(2)54(68-52(72)16-12-10-9-11-15-46(70)31-60)49(71)29-44(14-13-27-62-41(7)61)56(75)66-45-22-20-43(21-23-45)33-78-58(77)65-35-64-57(76)63-32-47-30-59(34-79-59)55(74)51(82-47)25-18-37(3)17-24-50-38(4)28-48(40(6)81-50)67-53(73)26-19-39(5)80-42(8)69/h17-23,25-26,36,38-40,44,47-48,50-51,54-55,62,74H,7,9-16,24,27-35,61H2,1-6,8H3,(H,65,77)(H,66,75)(H,67,73)(H,68,72)(H2,63,64,76)/b25-18+,26-19-,37-17+/t38-,39-,40+,44+,47-,48+,50-,51+,54-,55+,59+/m0/s1. The van der Waals surface area contributed by atoms with Gasteiger partial charge in [0.15, 0.2) is 5.78 Å². The lowest BCUT2D eigenvalue weighted by molar-refractivity contribution is -0.143. The number of urea groups is 1. The molecule has 11 atom stereocenters. The number of ketones is 2. The van der Waals surface area contributed by atoms with Gasteiger partial charge in [-0.2, -0.15) is 0 Å². The first-order valence-corrected chi connectivity index (χ1v) is 29.6. The minimum atomic E-state index is -0.915. The van der Waals surface area contributed by atoms with Crippen LogP contribution in [-0.4, -0.2) is 138 Å². The first kappa shape index (κ1) is 68.4. The maximum Gasteiger partial charge on any atom is 0.408 e. The second kappa shape index (κ2) is 35.1. The van der Waals surface area contributed by atoms with Gasteiger partial charge < -0.3 is 71.7 Å².